The standard InChI is InChI=1S/C25H24N6O3S/c32-12-14-10-19(22(34)21(14)33)29-23-16(24-30-18-3-1-2-4-20(18)35-24)11-27-25(31-23)28-15-5-6-17-13(9-15)7-8-26-17/h1-9,11,14,19,21-22,26,32-34H,10,12H2,(H2,27,28,29,31)/t14-,19-,21-,22+/m1/s1. The normalized spacial score (nSPS) is 22.1. The van der Waals surface area contributed by atoms with Crippen molar-refractivity contribution in [3.8, 4) is 10.6 Å². The largest absolute Gasteiger partial charge is 0.396 e. The van der Waals surface area contributed by atoms with Crippen LogP contribution in [0, 0.1) is 5.92 Å². The van der Waals surface area contributed by atoms with Gasteiger partial charge in [0, 0.05) is 41.5 Å². The molecular formula is C25H24N6O3S. The number of para-hydroxylation sites is 1. The summed E-state index contributed by atoms with van der Waals surface area (Å²) in [5.41, 5.74) is 3.47. The van der Waals surface area contributed by atoms with Crippen molar-refractivity contribution in [2.45, 2.75) is 24.7 Å². The molecule has 1 aliphatic rings. The smallest absolute Gasteiger partial charge is 0.229 e. The summed E-state index contributed by atoms with van der Waals surface area (Å²) in [6, 6.07) is 15.3. The second-order valence-electron chi connectivity index (χ2n) is 8.76. The molecule has 9 nitrogen and oxygen atoms in total. The van der Waals surface area contributed by atoms with Crippen molar-refractivity contribution in [2.75, 3.05) is 17.2 Å². The van der Waals surface area contributed by atoms with Crippen LogP contribution in [0.1, 0.15) is 6.42 Å². The van der Waals surface area contributed by atoms with Crippen LogP contribution in [0.3, 0.4) is 0 Å². The summed E-state index contributed by atoms with van der Waals surface area (Å²) < 4.78 is 1.05. The number of nitrogens with one attached hydrogen (secondary N) is 3. The van der Waals surface area contributed by atoms with Crippen molar-refractivity contribution in [1.82, 2.24) is 19.9 Å². The van der Waals surface area contributed by atoms with Crippen molar-refractivity contribution < 1.29 is 15.3 Å². The van der Waals surface area contributed by atoms with Gasteiger partial charge in [0.2, 0.25) is 5.95 Å². The van der Waals surface area contributed by atoms with Crippen LogP contribution >= 0.6 is 11.3 Å². The van der Waals surface area contributed by atoms with Crippen LogP contribution in [0.4, 0.5) is 17.5 Å². The number of aromatic nitrogens is 4. The van der Waals surface area contributed by atoms with Crippen molar-refractivity contribution in [1.29, 1.82) is 0 Å². The zero-order valence-corrected chi connectivity index (χ0v) is 19.4. The van der Waals surface area contributed by atoms with Gasteiger partial charge in [0.15, 0.2) is 0 Å². The SMILES string of the molecule is OC[C@H]1C[C@@H](Nc2nc(Nc3ccc4[nH]ccc4c3)ncc2-c2nc3ccccc3s2)[C@H](O)[C@@H]1O. The number of anilines is 3. The summed E-state index contributed by atoms with van der Waals surface area (Å²) in [6.07, 6.45) is 1.98. The summed E-state index contributed by atoms with van der Waals surface area (Å²) in [5, 5.41) is 38.8. The number of thiazole rings is 1. The second kappa shape index (κ2) is 8.90. The first kappa shape index (κ1) is 21.9. The first-order valence-electron chi connectivity index (χ1n) is 11.4. The highest BCUT2D eigenvalue weighted by Crippen LogP contribution is 2.36. The van der Waals surface area contributed by atoms with Gasteiger partial charge in [-0.05, 0) is 42.8 Å². The summed E-state index contributed by atoms with van der Waals surface area (Å²) in [6.45, 7) is -0.195. The summed E-state index contributed by atoms with van der Waals surface area (Å²) in [7, 11) is 0. The van der Waals surface area contributed by atoms with Crippen molar-refractivity contribution >= 4 is 49.9 Å². The minimum Gasteiger partial charge on any atom is -0.396 e. The van der Waals surface area contributed by atoms with Gasteiger partial charge in [-0.3, -0.25) is 0 Å². The molecule has 0 spiro atoms. The van der Waals surface area contributed by atoms with Gasteiger partial charge in [0.05, 0.1) is 27.9 Å². The molecule has 0 amide bonds. The van der Waals surface area contributed by atoms with E-state index in [1.54, 1.807) is 6.20 Å². The number of aromatic amines is 1. The van der Waals surface area contributed by atoms with Crippen molar-refractivity contribution in [3.63, 3.8) is 0 Å². The number of rotatable bonds is 6. The molecule has 10 heteroatoms. The topological polar surface area (TPSA) is 139 Å². The maximum Gasteiger partial charge on any atom is 0.229 e. The lowest BCUT2D eigenvalue weighted by atomic mass is 10.1. The van der Waals surface area contributed by atoms with Crippen LogP contribution in [-0.4, -0.2) is 60.1 Å². The molecule has 6 rings (SSSR count). The highest BCUT2D eigenvalue weighted by atomic mass is 32.1. The number of fused-ring (bicyclic) bond motifs is 2. The van der Waals surface area contributed by atoms with E-state index < -0.39 is 24.2 Å². The molecule has 0 radical (unpaired) electrons. The molecule has 6 N–H and O–H groups in total. The summed E-state index contributed by atoms with van der Waals surface area (Å²) >= 11 is 1.53. The number of hydrogen-bond acceptors (Lipinski definition) is 9. The molecule has 1 fully saturated rings. The minimum absolute atomic E-state index is 0.195. The molecule has 5 aromatic rings. The van der Waals surface area contributed by atoms with E-state index in [0.717, 1.165) is 31.8 Å². The van der Waals surface area contributed by atoms with Gasteiger partial charge in [-0.1, -0.05) is 12.1 Å². The Morgan fingerprint density at radius 1 is 1.06 bits per heavy atom. The third-order valence-corrected chi connectivity index (χ3v) is 7.55. The van der Waals surface area contributed by atoms with Crippen LogP contribution in [0.25, 0.3) is 31.7 Å². The molecule has 1 aliphatic carbocycles. The van der Waals surface area contributed by atoms with E-state index >= 15 is 0 Å². The fourth-order valence-electron chi connectivity index (χ4n) is 4.58. The van der Waals surface area contributed by atoms with Gasteiger partial charge >= 0.3 is 0 Å². The van der Waals surface area contributed by atoms with Gasteiger partial charge in [-0.2, -0.15) is 4.98 Å². The Hall–Kier alpha value is -3.57. The fourth-order valence-corrected chi connectivity index (χ4v) is 5.56. The van der Waals surface area contributed by atoms with E-state index in [0.29, 0.717) is 23.8 Å². The van der Waals surface area contributed by atoms with Crippen LogP contribution in [0.5, 0.6) is 0 Å². The molecule has 0 saturated heterocycles. The molecule has 178 valence electrons. The lowest BCUT2D eigenvalue weighted by Crippen LogP contribution is -2.35. The zero-order valence-electron chi connectivity index (χ0n) is 18.6. The Labute approximate surface area is 204 Å². The van der Waals surface area contributed by atoms with Gasteiger partial charge in [-0.15, -0.1) is 11.3 Å². The van der Waals surface area contributed by atoms with Gasteiger partial charge < -0.3 is 30.9 Å². The van der Waals surface area contributed by atoms with E-state index in [1.165, 1.54) is 11.3 Å². The third-order valence-electron chi connectivity index (χ3n) is 6.48. The molecule has 0 aliphatic heterocycles. The van der Waals surface area contributed by atoms with E-state index in [9.17, 15) is 15.3 Å². The fraction of sp³-hybridized carbons (Fsp3) is 0.240. The predicted molar refractivity (Wildman–Crippen MR) is 137 cm³/mol. The Bertz CT molecular complexity index is 1470. The number of hydrogen-bond donors (Lipinski definition) is 6. The van der Waals surface area contributed by atoms with Crippen LogP contribution in [0.15, 0.2) is 60.9 Å². The molecule has 35 heavy (non-hydrogen) atoms. The van der Waals surface area contributed by atoms with Crippen LogP contribution in [0.2, 0.25) is 0 Å². The summed E-state index contributed by atoms with van der Waals surface area (Å²) in [4.78, 5) is 17.2. The number of nitrogens with zero attached hydrogens (tertiary/aromatic N) is 3. The van der Waals surface area contributed by atoms with Gasteiger partial charge in [0.1, 0.15) is 16.9 Å². The molecule has 4 atom stereocenters. The number of aliphatic hydroxyl groups excluding tert-OH is 3. The zero-order chi connectivity index (χ0) is 23.9. The van der Waals surface area contributed by atoms with E-state index in [1.807, 2.05) is 54.7 Å². The second-order valence-corrected chi connectivity index (χ2v) is 9.79. The molecule has 0 bridgehead atoms. The molecule has 2 aromatic carbocycles. The number of benzene rings is 2. The first-order valence-corrected chi connectivity index (χ1v) is 12.2. The Morgan fingerprint density at radius 2 is 1.94 bits per heavy atom. The monoisotopic (exact) mass is 488 g/mol. The Morgan fingerprint density at radius 3 is 2.77 bits per heavy atom. The minimum atomic E-state index is -1.03. The van der Waals surface area contributed by atoms with E-state index in [2.05, 4.69) is 20.6 Å². The lowest BCUT2D eigenvalue weighted by Gasteiger charge is -2.20. The maximum absolute atomic E-state index is 10.6. The molecule has 1 saturated carbocycles. The summed E-state index contributed by atoms with van der Waals surface area (Å²) in [5.74, 6) is 0.485. The van der Waals surface area contributed by atoms with E-state index in [4.69, 9.17) is 9.97 Å². The van der Waals surface area contributed by atoms with Crippen LogP contribution < -0.4 is 10.6 Å². The number of aliphatic hydroxyl groups is 3. The Balaban J connectivity index is 1.37. The molecule has 3 aromatic heterocycles. The van der Waals surface area contributed by atoms with Crippen LogP contribution in [-0.2, 0) is 0 Å². The first-order chi connectivity index (χ1) is 17.1. The average Bonchev–Trinajstić information content (AvgIpc) is 3.58. The predicted octanol–water partition coefficient (Wildman–Crippen LogP) is 3.49. The van der Waals surface area contributed by atoms with E-state index in [-0.39, 0.29) is 6.61 Å². The third kappa shape index (κ3) is 4.10. The molecular weight excluding hydrogens is 464 g/mol. The highest BCUT2D eigenvalue weighted by Gasteiger charge is 2.41. The van der Waals surface area contributed by atoms with Crippen molar-refractivity contribution in [2.24, 2.45) is 5.92 Å². The average molecular weight is 489 g/mol. The van der Waals surface area contributed by atoms with Gasteiger partial charge in [-0.25, -0.2) is 9.97 Å². The van der Waals surface area contributed by atoms with Crippen molar-refractivity contribution in [3.05, 3.63) is 60.9 Å². The molecule has 0 unspecified atom stereocenters. The van der Waals surface area contributed by atoms with Gasteiger partial charge in [0.25, 0.3) is 0 Å². The lowest BCUT2D eigenvalue weighted by molar-refractivity contribution is 0.00446. The quantitative estimate of drug-likeness (QED) is 0.214. The number of H-pyrrole nitrogens is 1. The Kier molecular flexibility index (Phi) is 5.57. The maximum atomic E-state index is 10.6. The molecule has 3 heterocycles. The highest BCUT2D eigenvalue weighted by molar-refractivity contribution is 7.21.